The fraction of sp³-hybridized carbons (Fsp3) is 0.562. The zero-order valence-electron chi connectivity index (χ0n) is 14.4. The van der Waals surface area contributed by atoms with Gasteiger partial charge in [-0.2, -0.15) is 0 Å². The Hall–Kier alpha value is -1.80. The molecule has 0 N–H and O–H groups in total. The van der Waals surface area contributed by atoms with Crippen molar-refractivity contribution in [1.29, 1.82) is 0 Å². The Bertz CT molecular complexity index is 670. The van der Waals surface area contributed by atoms with E-state index in [1.54, 1.807) is 29.2 Å². The zero-order chi connectivity index (χ0) is 17.7. The van der Waals surface area contributed by atoms with E-state index in [2.05, 4.69) is 4.90 Å². The Labute approximate surface area is 143 Å². The summed E-state index contributed by atoms with van der Waals surface area (Å²) in [6.45, 7) is 4.84. The number of rotatable bonds is 6. The van der Waals surface area contributed by atoms with Crippen molar-refractivity contribution in [2.75, 3.05) is 56.9 Å². The molecule has 1 saturated heterocycles. The number of nitrogens with zero attached hydrogens (tertiary/aromatic N) is 3. The number of ether oxygens (including phenoxy) is 1. The maximum absolute atomic E-state index is 12.6. The van der Waals surface area contributed by atoms with E-state index >= 15 is 0 Å². The summed E-state index contributed by atoms with van der Waals surface area (Å²) in [6, 6.07) is 6.87. The van der Waals surface area contributed by atoms with Crippen LogP contribution in [0.15, 0.2) is 24.3 Å². The van der Waals surface area contributed by atoms with Gasteiger partial charge in [0.25, 0.3) is 0 Å². The summed E-state index contributed by atoms with van der Waals surface area (Å²) < 4.78 is 31.1. The normalized spacial score (nSPS) is 16.0. The number of carbonyl (C=O) groups is 1. The first kappa shape index (κ1) is 18.5. The van der Waals surface area contributed by atoms with Crippen molar-refractivity contribution in [3.05, 3.63) is 24.3 Å². The second-order valence-electron chi connectivity index (χ2n) is 5.85. The molecule has 1 aliphatic rings. The van der Waals surface area contributed by atoms with Crippen molar-refractivity contribution in [1.82, 2.24) is 9.80 Å². The van der Waals surface area contributed by atoms with E-state index in [0.717, 1.165) is 23.7 Å². The van der Waals surface area contributed by atoms with E-state index in [4.69, 9.17) is 4.74 Å². The molecule has 0 unspecified atom stereocenters. The highest BCUT2D eigenvalue weighted by atomic mass is 32.2. The summed E-state index contributed by atoms with van der Waals surface area (Å²) in [5.74, 6) is 0.261. The van der Waals surface area contributed by atoms with Gasteiger partial charge in [-0.1, -0.05) is 12.1 Å². The molecule has 24 heavy (non-hydrogen) atoms. The average molecular weight is 355 g/mol. The third-order valence-corrected chi connectivity index (χ3v) is 5.10. The minimum absolute atomic E-state index is 0.195. The third-order valence-electron chi connectivity index (χ3n) is 3.97. The number of anilines is 1. The Morgan fingerprint density at radius 3 is 2.42 bits per heavy atom. The fourth-order valence-electron chi connectivity index (χ4n) is 2.60. The Morgan fingerprint density at radius 2 is 1.83 bits per heavy atom. The summed E-state index contributed by atoms with van der Waals surface area (Å²) in [5.41, 5.74) is 0.393. The lowest BCUT2D eigenvalue weighted by atomic mass is 10.2. The number of para-hydroxylation sites is 2. The van der Waals surface area contributed by atoms with Gasteiger partial charge in [0.05, 0.1) is 18.6 Å². The van der Waals surface area contributed by atoms with Gasteiger partial charge in [-0.25, -0.2) is 8.42 Å². The number of sulfonamides is 1. The first-order valence-electron chi connectivity index (χ1n) is 7.98. The van der Waals surface area contributed by atoms with Gasteiger partial charge >= 0.3 is 0 Å². The van der Waals surface area contributed by atoms with Crippen LogP contribution in [0.2, 0.25) is 0 Å². The van der Waals surface area contributed by atoms with Gasteiger partial charge < -0.3 is 14.5 Å². The highest BCUT2D eigenvalue weighted by Gasteiger charge is 2.27. The molecule has 0 atom stereocenters. The first-order valence-corrected chi connectivity index (χ1v) is 9.83. The maximum Gasteiger partial charge on any atom is 0.243 e. The van der Waals surface area contributed by atoms with Crippen molar-refractivity contribution in [2.24, 2.45) is 0 Å². The Kier molecular flexibility index (Phi) is 6.06. The van der Waals surface area contributed by atoms with E-state index in [0.29, 0.717) is 31.1 Å². The smallest absolute Gasteiger partial charge is 0.243 e. The molecule has 134 valence electrons. The number of likely N-dealkylation sites (N-methyl/N-ethyl adjacent to an activating group) is 1. The number of benzene rings is 1. The number of hydrogen-bond acceptors (Lipinski definition) is 5. The molecule has 1 fully saturated rings. The lowest BCUT2D eigenvalue weighted by molar-refractivity contribution is -0.131. The van der Waals surface area contributed by atoms with Crippen LogP contribution in [0.25, 0.3) is 0 Å². The molecule has 0 bridgehead atoms. The van der Waals surface area contributed by atoms with Gasteiger partial charge in [0.15, 0.2) is 0 Å². The molecule has 1 heterocycles. The molecule has 1 aliphatic heterocycles. The van der Waals surface area contributed by atoms with Crippen LogP contribution in [0.1, 0.15) is 6.92 Å². The molecule has 7 nitrogen and oxygen atoms in total. The highest BCUT2D eigenvalue weighted by molar-refractivity contribution is 7.92. The molecule has 0 aliphatic carbocycles. The molecular weight excluding hydrogens is 330 g/mol. The molecule has 0 radical (unpaired) electrons. The largest absolute Gasteiger partial charge is 0.492 e. The van der Waals surface area contributed by atoms with Crippen LogP contribution >= 0.6 is 0 Å². The highest BCUT2D eigenvalue weighted by Crippen LogP contribution is 2.29. The molecule has 0 saturated carbocycles. The van der Waals surface area contributed by atoms with Gasteiger partial charge in [0.2, 0.25) is 15.9 Å². The number of hydrogen-bond donors (Lipinski definition) is 0. The molecule has 1 amide bonds. The SMILES string of the molecule is CCOc1ccccc1N(CC(=O)N1CCN(C)CC1)S(C)(=O)=O. The summed E-state index contributed by atoms with van der Waals surface area (Å²) >= 11 is 0. The molecule has 0 aromatic heterocycles. The minimum Gasteiger partial charge on any atom is -0.492 e. The second kappa shape index (κ2) is 7.85. The van der Waals surface area contributed by atoms with Crippen molar-refractivity contribution in [3.63, 3.8) is 0 Å². The van der Waals surface area contributed by atoms with E-state index in [1.807, 2.05) is 14.0 Å². The molecule has 0 spiro atoms. The van der Waals surface area contributed by atoms with Crippen LogP contribution in [0.3, 0.4) is 0 Å². The minimum atomic E-state index is -3.61. The van der Waals surface area contributed by atoms with Crippen LogP contribution in [-0.2, 0) is 14.8 Å². The van der Waals surface area contributed by atoms with Gasteiger partial charge in [0.1, 0.15) is 12.3 Å². The van der Waals surface area contributed by atoms with E-state index in [9.17, 15) is 13.2 Å². The van der Waals surface area contributed by atoms with Gasteiger partial charge in [0, 0.05) is 26.2 Å². The number of piperazine rings is 1. The van der Waals surface area contributed by atoms with E-state index in [1.165, 1.54) is 0 Å². The van der Waals surface area contributed by atoms with Crippen LogP contribution in [0, 0.1) is 0 Å². The van der Waals surface area contributed by atoms with Gasteiger partial charge in [-0.05, 0) is 26.1 Å². The quantitative estimate of drug-likeness (QED) is 0.748. The molecule has 2 rings (SSSR count). The summed E-state index contributed by atoms with van der Waals surface area (Å²) in [6.07, 6.45) is 1.10. The average Bonchev–Trinajstić information content (AvgIpc) is 2.53. The van der Waals surface area contributed by atoms with Crippen molar-refractivity contribution in [3.8, 4) is 5.75 Å². The molecular formula is C16H25N3O4S. The Morgan fingerprint density at radius 1 is 1.21 bits per heavy atom. The lowest BCUT2D eigenvalue weighted by Crippen LogP contribution is -2.50. The monoisotopic (exact) mass is 355 g/mol. The predicted octanol–water partition coefficient (Wildman–Crippen LogP) is 0.625. The summed E-state index contributed by atoms with van der Waals surface area (Å²) in [4.78, 5) is 16.4. The lowest BCUT2D eigenvalue weighted by Gasteiger charge is -2.34. The zero-order valence-corrected chi connectivity index (χ0v) is 15.3. The van der Waals surface area contributed by atoms with Crippen LogP contribution in [0.4, 0.5) is 5.69 Å². The second-order valence-corrected chi connectivity index (χ2v) is 7.76. The van der Waals surface area contributed by atoms with Crippen molar-refractivity contribution in [2.45, 2.75) is 6.92 Å². The maximum atomic E-state index is 12.6. The van der Waals surface area contributed by atoms with Gasteiger partial charge in [-0.3, -0.25) is 9.10 Å². The van der Waals surface area contributed by atoms with Crippen LogP contribution in [0.5, 0.6) is 5.75 Å². The Balaban J connectivity index is 2.23. The van der Waals surface area contributed by atoms with Crippen molar-refractivity contribution < 1.29 is 17.9 Å². The van der Waals surface area contributed by atoms with E-state index < -0.39 is 10.0 Å². The van der Waals surface area contributed by atoms with Crippen LogP contribution < -0.4 is 9.04 Å². The first-order chi connectivity index (χ1) is 11.3. The summed E-state index contributed by atoms with van der Waals surface area (Å²) in [7, 11) is -1.60. The molecule has 8 heteroatoms. The predicted molar refractivity (Wildman–Crippen MR) is 93.9 cm³/mol. The fourth-order valence-corrected chi connectivity index (χ4v) is 3.45. The van der Waals surface area contributed by atoms with Crippen LogP contribution in [-0.4, -0.2) is 76.8 Å². The molecule has 1 aromatic rings. The standard InChI is InChI=1S/C16H25N3O4S/c1-4-23-15-8-6-5-7-14(15)19(24(3,21)22)13-16(20)18-11-9-17(2)10-12-18/h5-8H,4,9-13H2,1-3H3. The van der Waals surface area contributed by atoms with E-state index in [-0.39, 0.29) is 12.5 Å². The number of amides is 1. The summed E-state index contributed by atoms with van der Waals surface area (Å²) in [5, 5.41) is 0. The topological polar surface area (TPSA) is 70.2 Å². The van der Waals surface area contributed by atoms with Gasteiger partial charge in [-0.15, -0.1) is 0 Å². The third kappa shape index (κ3) is 4.61. The molecule has 1 aromatic carbocycles. The number of carbonyl (C=O) groups excluding carboxylic acids is 1. The van der Waals surface area contributed by atoms with Crippen molar-refractivity contribution >= 4 is 21.6 Å².